The maximum absolute atomic E-state index is 12.8. The zero-order chi connectivity index (χ0) is 16.7. The van der Waals surface area contributed by atoms with Gasteiger partial charge in [0.2, 0.25) is 0 Å². The van der Waals surface area contributed by atoms with E-state index in [2.05, 4.69) is 16.8 Å². The van der Waals surface area contributed by atoms with Crippen molar-refractivity contribution in [2.24, 2.45) is 0 Å². The number of carbonyl (C=O) groups excluding carboxylic acids is 1. The van der Waals surface area contributed by atoms with Gasteiger partial charge in [-0.15, -0.1) is 0 Å². The van der Waals surface area contributed by atoms with E-state index in [0.717, 1.165) is 42.4 Å². The second-order valence-electron chi connectivity index (χ2n) is 6.25. The summed E-state index contributed by atoms with van der Waals surface area (Å²) in [5, 5.41) is 0.634. The maximum atomic E-state index is 12.8. The topological polar surface area (TPSA) is 49.3 Å². The molecule has 2 aliphatic heterocycles. The van der Waals surface area contributed by atoms with Gasteiger partial charge in [-0.25, -0.2) is 9.97 Å². The minimum Gasteiger partial charge on any atom is -0.356 e. The number of hydrogen-bond acceptors (Lipinski definition) is 4. The van der Waals surface area contributed by atoms with Gasteiger partial charge in [0, 0.05) is 35.7 Å². The van der Waals surface area contributed by atoms with Gasteiger partial charge in [0.15, 0.2) is 0 Å². The molecule has 0 spiro atoms. The molecule has 1 amide bonds. The monoisotopic (exact) mass is 342 g/mol. The zero-order valence-corrected chi connectivity index (χ0v) is 14.4. The highest BCUT2D eigenvalue weighted by molar-refractivity contribution is 6.30. The Kier molecular flexibility index (Phi) is 3.88. The third-order valence-corrected chi connectivity index (χ3v) is 4.91. The first kappa shape index (κ1) is 15.4. The van der Waals surface area contributed by atoms with E-state index in [4.69, 9.17) is 16.6 Å². The Morgan fingerprint density at radius 3 is 2.54 bits per heavy atom. The highest BCUT2D eigenvalue weighted by atomic mass is 35.5. The molecule has 0 saturated carbocycles. The van der Waals surface area contributed by atoms with Crippen molar-refractivity contribution in [2.75, 3.05) is 18.0 Å². The second kappa shape index (κ2) is 6.06. The first-order valence-corrected chi connectivity index (χ1v) is 8.72. The van der Waals surface area contributed by atoms with E-state index in [-0.39, 0.29) is 5.91 Å². The van der Waals surface area contributed by atoms with Crippen molar-refractivity contribution in [1.82, 2.24) is 14.9 Å². The van der Waals surface area contributed by atoms with Crippen LogP contribution in [-0.4, -0.2) is 33.9 Å². The van der Waals surface area contributed by atoms with E-state index in [1.807, 2.05) is 4.90 Å². The molecule has 0 radical (unpaired) electrons. The molecule has 0 atom stereocenters. The summed E-state index contributed by atoms with van der Waals surface area (Å²) in [5.74, 6) is 1.89. The van der Waals surface area contributed by atoms with E-state index < -0.39 is 0 Å². The van der Waals surface area contributed by atoms with Crippen LogP contribution >= 0.6 is 11.6 Å². The zero-order valence-electron chi connectivity index (χ0n) is 13.6. The molecule has 0 unspecified atom stereocenters. The summed E-state index contributed by atoms with van der Waals surface area (Å²) in [6.45, 7) is 5.27. The Bertz CT molecular complexity index is 786. The average molecular weight is 343 g/mol. The van der Waals surface area contributed by atoms with E-state index in [0.29, 0.717) is 23.7 Å². The first-order valence-electron chi connectivity index (χ1n) is 8.34. The Morgan fingerprint density at radius 2 is 1.92 bits per heavy atom. The van der Waals surface area contributed by atoms with Crippen LogP contribution < -0.4 is 4.90 Å². The molecule has 0 aliphatic carbocycles. The summed E-state index contributed by atoms with van der Waals surface area (Å²) in [7, 11) is 0. The molecule has 1 aromatic heterocycles. The molecule has 3 heterocycles. The number of halogens is 1. The normalized spacial score (nSPS) is 16.1. The van der Waals surface area contributed by atoms with Gasteiger partial charge < -0.3 is 9.80 Å². The van der Waals surface area contributed by atoms with E-state index >= 15 is 0 Å². The Balaban J connectivity index is 1.63. The Hall–Kier alpha value is -2.14. The predicted octanol–water partition coefficient (Wildman–Crippen LogP) is 3.06. The van der Waals surface area contributed by atoms with Crippen molar-refractivity contribution in [2.45, 2.75) is 32.9 Å². The fraction of sp³-hybridized carbons (Fsp3) is 0.389. The van der Waals surface area contributed by atoms with Crippen molar-refractivity contribution < 1.29 is 4.79 Å². The number of aromatic nitrogens is 2. The third kappa shape index (κ3) is 2.63. The molecule has 1 saturated heterocycles. The molecule has 0 bridgehead atoms. The summed E-state index contributed by atoms with van der Waals surface area (Å²) < 4.78 is 0. The van der Waals surface area contributed by atoms with Gasteiger partial charge in [0.25, 0.3) is 5.91 Å². The molecule has 0 N–H and O–H groups in total. The summed E-state index contributed by atoms with van der Waals surface area (Å²) in [6.07, 6.45) is 2.01. The van der Waals surface area contributed by atoms with E-state index in [1.165, 1.54) is 6.42 Å². The molecule has 5 nitrogen and oxygen atoms in total. The smallest absolute Gasteiger partial charge is 0.254 e. The summed E-state index contributed by atoms with van der Waals surface area (Å²) >= 11 is 5.91. The van der Waals surface area contributed by atoms with Gasteiger partial charge in [0.05, 0.1) is 18.8 Å². The minimum atomic E-state index is 0.0114. The van der Waals surface area contributed by atoms with Gasteiger partial charge >= 0.3 is 0 Å². The van der Waals surface area contributed by atoms with Crippen molar-refractivity contribution >= 4 is 23.3 Å². The largest absolute Gasteiger partial charge is 0.356 e. The van der Waals surface area contributed by atoms with Crippen LogP contribution in [0.1, 0.15) is 40.8 Å². The number of fused-ring (bicyclic) bond motifs is 1. The lowest BCUT2D eigenvalue weighted by atomic mass is 10.1. The molecule has 124 valence electrons. The summed E-state index contributed by atoms with van der Waals surface area (Å²) in [6, 6.07) is 7.04. The second-order valence-corrected chi connectivity index (χ2v) is 6.69. The van der Waals surface area contributed by atoms with Crippen LogP contribution in [0.3, 0.4) is 0 Å². The molecular formula is C18H19ClN4O. The van der Waals surface area contributed by atoms with Gasteiger partial charge in [-0.2, -0.15) is 0 Å². The van der Waals surface area contributed by atoms with Gasteiger partial charge in [-0.05, 0) is 30.7 Å². The van der Waals surface area contributed by atoms with E-state index in [1.54, 1.807) is 24.3 Å². The molecule has 1 fully saturated rings. The summed E-state index contributed by atoms with van der Waals surface area (Å²) in [5.41, 5.74) is 2.75. The number of nitrogens with zero attached hydrogens (tertiary/aromatic N) is 4. The lowest BCUT2D eigenvalue weighted by Gasteiger charge is -2.33. The summed E-state index contributed by atoms with van der Waals surface area (Å²) in [4.78, 5) is 26.3. The van der Waals surface area contributed by atoms with Crippen LogP contribution in [0.15, 0.2) is 24.3 Å². The predicted molar refractivity (Wildman–Crippen MR) is 93.3 cm³/mol. The molecule has 24 heavy (non-hydrogen) atoms. The average Bonchev–Trinajstić information content (AvgIpc) is 2.97. The number of rotatable bonds is 3. The maximum Gasteiger partial charge on any atom is 0.254 e. The van der Waals surface area contributed by atoms with Gasteiger partial charge in [-0.3, -0.25) is 4.79 Å². The van der Waals surface area contributed by atoms with E-state index in [9.17, 15) is 4.79 Å². The molecule has 2 aromatic rings. The van der Waals surface area contributed by atoms with Crippen molar-refractivity contribution in [3.63, 3.8) is 0 Å². The van der Waals surface area contributed by atoms with Crippen molar-refractivity contribution in [3.05, 3.63) is 51.9 Å². The van der Waals surface area contributed by atoms with Crippen LogP contribution in [-0.2, 0) is 19.5 Å². The van der Waals surface area contributed by atoms with Gasteiger partial charge in [0.1, 0.15) is 11.6 Å². The molecule has 4 rings (SSSR count). The van der Waals surface area contributed by atoms with Crippen LogP contribution in [0.25, 0.3) is 0 Å². The number of amides is 1. The molecule has 1 aromatic carbocycles. The fourth-order valence-corrected chi connectivity index (χ4v) is 3.28. The standard InChI is InChI=1S/C18H19ClN4O/c1-2-16-20-15-11-23(18(24)12-4-6-13(19)7-5-12)10-14(15)17(21-16)22-8-3-9-22/h4-7H,2-3,8-11H2,1H3. The number of benzene rings is 1. The number of aryl methyl sites for hydroxylation is 1. The van der Waals surface area contributed by atoms with Crippen LogP contribution in [0.2, 0.25) is 5.02 Å². The first-order chi connectivity index (χ1) is 11.7. The molecular weight excluding hydrogens is 324 g/mol. The highest BCUT2D eigenvalue weighted by Crippen LogP contribution is 2.32. The minimum absolute atomic E-state index is 0.0114. The third-order valence-electron chi connectivity index (χ3n) is 4.66. The Morgan fingerprint density at radius 1 is 1.17 bits per heavy atom. The molecule has 6 heteroatoms. The SMILES string of the molecule is CCc1nc2c(c(N3CCC3)n1)CN(C(=O)c1ccc(Cl)cc1)C2. The van der Waals surface area contributed by atoms with Gasteiger partial charge in [-0.1, -0.05) is 18.5 Å². The fourth-order valence-electron chi connectivity index (χ4n) is 3.15. The quantitative estimate of drug-likeness (QED) is 0.860. The number of anilines is 1. The van der Waals surface area contributed by atoms with Crippen LogP contribution in [0.4, 0.5) is 5.82 Å². The van der Waals surface area contributed by atoms with Crippen LogP contribution in [0.5, 0.6) is 0 Å². The van der Waals surface area contributed by atoms with Crippen molar-refractivity contribution in [3.8, 4) is 0 Å². The lowest BCUT2D eigenvalue weighted by Crippen LogP contribution is -2.38. The number of hydrogen-bond donors (Lipinski definition) is 0. The Labute approximate surface area is 146 Å². The highest BCUT2D eigenvalue weighted by Gasteiger charge is 2.31. The molecule has 2 aliphatic rings. The lowest BCUT2D eigenvalue weighted by molar-refractivity contribution is 0.0750. The number of carbonyl (C=O) groups is 1. The van der Waals surface area contributed by atoms with Crippen molar-refractivity contribution in [1.29, 1.82) is 0 Å². The van der Waals surface area contributed by atoms with Crippen LogP contribution in [0, 0.1) is 0 Å².